The molecule has 0 aromatic carbocycles. The zero-order valence-corrected chi connectivity index (χ0v) is 12.3. The SMILES string of the molecule is CCCNc1ncnc(NCC2CCOC2C)c1[N+](=O)[O-]. The van der Waals surface area contributed by atoms with Crippen LogP contribution in [0.5, 0.6) is 0 Å². The van der Waals surface area contributed by atoms with Gasteiger partial charge in [-0.15, -0.1) is 0 Å². The first-order valence-corrected chi connectivity index (χ1v) is 7.22. The van der Waals surface area contributed by atoms with Gasteiger partial charge in [-0.25, -0.2) is 9.97 Å². The Morgan fingerprint density at radius 3 is 2.71 bits per heavy atom. The highest BCUT2D eigenvalue weighted by Gasteiger charge is 2.27. The van der Waals surface area contributed by atoms with E-state index in [1.165, 1.54) is 6.33 Å². The van der Waals surface area contributed by atoms with Crippen molar-refractivity contribution in [2.24, 2.45) is 5.92 Å². The van der Waals surface area contributed by atoms with Crippen molar-refractivity contribution in [1.29, 1.82) is 0 Å². The zero-order valence-electron chi connectivity index (χ0n) is 12.3. The van der Waals surface area contributed by atoms with E-state index in [2.05, 4.69) is 20.6 Å². The Hall–Kier alpha value is -1.96. The number of nitrogens with one attached hydrogen (secondary N) is 2. The number of hydrogen-bond donors (Lipinski definition) is 2. The van der Waals surface area contributed by atoms with Crippen molar-refractivity contribution >= 4 is 17.3 Å². The van der Waals surface area contributed by atoms with Gasteiger partial charge in [0.2, 0.25) is 11.6 Å². The molecule has 2 N–H and O–H groups in total. The summed E-state index contributed by atoms with van der Waals surface area (Å²) >= 11 is 0. The van der Waals surface area contributed by atoms with E-state index in [9.17, 15) is 10.1 Å². The molecular formula is C13H21N5O3. The number of aromatic nitrogens is 2. The van der Waals surface area contributed by atoms with Gasteiger partial charge >= 0.3 is 5.69 Å². The van der Waals surface area contributed by atoms with Crippen molar-refractivity contribution < 1.29 is 9.66 Å². The average Bonchev–Trinajstić information content (AvgIpc) is 2.87. The van der Waals surface area contributed by atoms with Gasteiger partial charge in [-0.05, 0) is 19.8 Å². The Kier molecular flexibility index (Phi) is 5.26. The van der Waals surface area contributed by atoms with Crippen molar-refractivity contribution in [2.45, 2.75) is 32.8 Å². The standard InChI is InChI=1S/C13H21N5O3/c1-3-5-14-12-11(18(19)20)13(17-8-16-12)15-7-10-4-6-21-9(10)2/h8-10H,3-7H2,1-2H3,(H2,14,15,16,17). The maximum absolute atomic E-state index is 11.3. The molecule has 1 aliphatic heterocycles. The summed E-state index contributed by atoms with van der Waals surface area (Å²) in [6.07, 6.45) is 3.31. The fourth-order valence-corrected chi connectivity index (χ4v) is 2.33. The summed E-state index contributed by atoms with van der Waals surface area (Å²) in [7, 11) is 0. The first-order valence-electron chi connectivity index (χ1n) is 7.22. The third kappa shape index (κ3) is 3.78. The normalized spacial score (nSPS) is 21.2. The number of anilines is 2. The molecule has 1 aromatic rings. The van der Waals surface area contributed by atoms with Crippen molar-refractivity contribution in [3.8, 4) is 0 Å². The predicted molar refractivity (Wildman–Crippen MR) is 79.5 cm³/mol. The summed E-state index contributed by atoms with van der Waals surface area (Å²) < 4.78 is 5.49. The molecule has 2 heterocycles. The van der Waals surface area contributed by atoms with Crippen LogP contribution in [0.3, 0.4) is 0 Å². The second kappa shape index (κ2) is 7.16. The van der Waals surface area contributed by atoms with Crippen LogP contribution < -0.4 is 10.6 Å². The predicted octanol–water partition coefficient (Wildman–Crippen LogP) is 2.04. The van der Waals surface area contributed by atoms with Gasteiger partial charge in [0.15, 0.2) is 0 Å². The van der Waals surface area contributed by atoms with Crippen LogP contribution in [0.15, 0.2) is 6.33 Å². The van der Waals surface area contributed by atoms with E-state index in [1.807, 2.05) is 13.8 Å². The molecule has 8 nitrogen and oxygen atoms in total. The van der Waals surface area contributed by atoms with E-state index in [4.69, 9.17) is 4.74 Å². The van der Waals surface area contributed by atoms with E-state index in [0.29, 0.717) is 19.0 Å². The summed E-state index contributed by atoms with van der Waals surface area (Å²) in [4.78, 5) is 18.8. The summed E-state index contributed by atoms with van der Waals surface area (Å²) in [5, 5.41) is 17.3. The van der Waals surface area contributed by atoms with Crippen LogP contribution >= 0.6 is 0 Å². The van der Waals surface area contributed by atoms with E-state index in [0.717, 1.165) is 19.4 Å². The van der Waals surface area contributed by atoms with Gasteiger partial charge in [-0.2, -0.15) is 0 Å². The molecule has 21 heavy (non-hydrogen) atoms. The van der Waals surface area contributed by atoms with E-state index in [1.54, 1.807) is 0 Å². The topological polar surface area (TPSA) is 102 Å². The molecule has 8 heteroatoms. The molecule has 2 rings (SSSR count). The Bertz CT molecular complexity index is 497. The lowest BCUT2D eigenvalue weighted by Gasteiger charge is -2.15. The van der Waals surface area contributed by atoms with Crippen molar-refractivity contribution in [3.05, 3.63) is 16.4 Å². The molecule has 0 saturated carbocycles. The van der Waals surface area contributed by atoms with E-state index >= 15 is 0 Å². The summed E-state index contributed by atoms with van der Waals surface area (Å²) in [5.74, 6) is 0.856. The minimum Gasteiger partial charge on any atom is -0.378 e. The molecule has 0 spiro atoms. The monoisotopic (exact) mass is 295 g/mol. The lowest BCUT2D eigenvalue weighted by molar-refractivity contribution is -0.383. The minimum atomic E-state index is -0.450. The minimum absolute atomic E-state index is 0.0995. The fraction of sp³-hybridized carbons (Fsp3) is 0.692. The number of nitro groups is 1. The van der Waals surface area contributed by atoms with Crippen LogP contribution in [-0.2, 0) is 4.74 Å². The van der Waals surface area contributed by atoms with Crippen LogP contribution in [0.1, 0.15) is 26.7 Å². The van der Waals surface area contributed by atoms with Crippen LogP contribution in [-0.4, -0.2) is 40.7 Å². The van der Waals surface area contributed by atoms with Crippen LogP contribution in [0, 0.1) is 16.0 Å². The number of hydrogen-bond acceptors (Lipinski definition) is 7. The lowest BCUT2D eigenvalue weighted by atomic mass is 10.0. The summed E-state index contributed by atoms with van der Waals surface area (Å²) in [5.41, 5.74) is -0.0995. The second-order valence-electron chi connectivity index (χ2n) is 5.11. The third-order valence-electron chi connectivity index (χ3n) is 3.61. The maximum Gasteiger partial charge on any atom is 0.353 e. The largest absolute Gasteiger partial charge is 0.378 e. The molecule has 0 bridgehead atoms. The highest BCUT2D eigenvalue weighted by atomic mass is 16.6. The molecular weight excluding hydrogens is 274 g/mol. The third-order valence-corrected chi connectivity index (χ3v) is 3.61. The van der Waals surface area contributed by atoms with Crippen molar-refractivity contribution in [1.82, 2.24) is 9.97 Å². The van der Waals surface area contributed by atoms with Crippen LogP contribution in [0.4, 0.5) is 17.3 Å². The average molecular weight is 295 g/mol. The molecule has 2 atom stereocenters. The Balaban J connectivity index is 2.12. The first-order chi connectivity index (χ1) is 10.1. The number of rotatable bonds is 7. The van der Waals surface area contributed by atoms with Gasteiger partial charge in [0, 0.05) is 25.6 Å². The van der Waals surface area contributed by atoms with Gasteiger partial charge in [-0.1, -0.05) is 6.92 Å². The first kappa shape index (κ1) is 15.4. The van der Waals surface area contributed by atoms with Crippen LogP contribution in [0.2, 0.25) is 0 Å². The van der Waals surface area contributed by atoms with Gasteiger partial charge in [-0.3, -0.25) is 10.1 Å². The van der Waals surface area contributed by atoms with Crippen molar-refractivity contribution in [3.63, 3.8) is 0 Å². The highest BCUT2D eigenvalue weighted by Crippen LogP contribution is 2.29. The van der Waals surface area contributed by atoms with Gasteiger partial charge in [0.1, 0.15) is 6.33 Å². The fourth-order valence-electron chi connectivity index (χ4n) is 2.33. The van der Waals surface area contributed by atoms with Gasteiger partial charge in [0.25, 0.3) is 0 Å². The molecule has 116 valence electrons. The van der Waals surface area contributed by atoms with Crippen molar-refractivity contribution in [2.75, 3.05) is 30.3 Å². The van der Waals surface area contributed by atoms with Gasteiger partial charge < -0.3 is 15.4 Å². The summed E-state index contributed by atoms with van der Waals surface area (Å²) in [6, 6.07) is 0. The Labute approximate surface area is 123 Å². The van der Waals surface area contributed by atoms with E-state index in [-0.39, 0.29) is 23.4 Å². The molecule has 1 aliphatic rings. The Morgan fingerprint density at radius 1 is 1.43 bits per heavy atom. The molecule has 0 amide bonds. The quantitative estimate of drug-likeness (QED) is 0.586. The molecule has 1 aromatic heterocycles. The zero-order chi connectivity index (χ0) is 15.2. The molecule has 1 saturated heterocycles. The molecule has 2 unspecified atom stereocenters. The molecule has 0 aliphatic carbocycles. The van der Waals surface area contributed by atoms with E-state index < -0.39 is 4.92 Å². The Morgan fingerprint density at radius 2 is 2.14 bits per heavy atom. The number of ether oxygens (including phenoxy) is 1. The molecule has 1 fully saturated rings. The van der Waals surface area contributed by atoms with Gasteiger partial charge in [0.05, 0.1) is 11.0 Å². The lowest BCUT2D eigenvalue weighted by Crippen LogP contribution is -2.22. The maximum atomic E-state index is 11.3. The molecule has 0 radical (unpaired) electrons. The highest BCUT2D eigenvalue weighted by molar-refractivity contribution is 5.69. The second-order valence-corrected chi connectivity index (χ2v) is 5.11. The number of nitrogens with zero attached hydrogens (tertiary/aromatic N) is 3. The summed E-state index contributed by atoms with van der Waals surface area (Å²) in [6.45, 7) is 5.97. The smallest absolute Gasteiger partial charge is 0.353 e. The van der Waals surface area contributed by atoms with Crippen LogP contribution in [0.25, 0.3) is 0 Å².